The van der Waals surface area contributed by atoms with E-state index in [1.54, 1.807) is 0 Å². The van der Waals surface area contributed by atoms with Crippen molar-refractivity contribution in [2.45, 2.75) is 20.3 Å². The number of halogens is 1. The number of nitrogens with one attached hydrogen (secondary N) is 1. The van der Waals surface area contributed by atoms with E-state index in [0.717, 1.165) is 17.4 Å². The number of ether oxygens (including phenoxy) is 1. The van der Waals surface area contributed by atoms with E-state index in [9.17, 15) is 4.79 Å². The molecule has 1 saturated heterocycles. The molecule has 104 valence electrons. The zero-order valence-corrected chi connectivity index (χ0v) is 13.0. The van der Waals surface area contributed by atoms with Crippen molar-refractivity contribution in [2.75, 3.05) is 19.7 Å². The van der Waals surface area contributed by atoms with Crippen LogP contribution in [-0.2, 0) is 16.0 Å². The molecule has 4 heteroatoms. The van der Waals surface area contributed by atoms with Gasteiger partial charge in [-0.2, -0.15) is 0 Å². The maximum Gasteiger partial charge on any atom is 0.310 e. The molecular weight excluding hydrogens is 306 g/mol. The largest absolute Gasteiger partial charge is 0.466 e. The Morgan fingerprint density at radius 3 is 2.79 bits per heavy atom. The third-order valence-corrected chi connectivity index (χ3v) is 4.34. The topological polar surface area (TPSA) is 38.3 Å². The first-order chi connectivity index (χ1) is 9.05. The van der Waals surface area contributed by atoms with Gasteiger partial charge in [0, 0.05) is 17.6 Å². The highest BCUT2D eigenvalue weighted by Crippen LogP contribution is 2.35. The molecule has 0 spiro atoms. The Kier molecular flexibility index (Phi) is 4.63. The highest BCUT2D eigenvalue weighted by Gasteiger charge is 2.43. The molecule has 0 aliphatic carbocycles. The summed E-state index contributed by atoms with van der Waals surface area (Å²) < 4.78 is 6.27. The van der Waals surface area contributed by atoms with E-state index in [-0.39, 0.29) is 17.3 Å². The fraction of sp³-hybridized carbons (Fsp3) is 0.533. The van der Waals surface area contributed by atoms with E-state index >= 15 is 0 Å². The Bertz CT molecular complexity index is 446. The summed E-state index contributed by atoms with van der Waals surface area (Å²) in [6.07, 6.45) is 0.886. The van der Waals surface area contributed by atoms with Gasteiger partial charge < -0.3 is 10.1 Å². The molecule has 1 heterocycles. The second-order valence-corrected chi connectivity index (χ2v) is 6.31. The lowest BCUT2D eigenvalue weighted by molar-refractivity contribution is -0.150. The predicted octanol–water partition coefficient (Wildman–Crippen LogP) is 2.78. The van der Waals surface area contributed by atoms with Crippen molar-refractivity contribution in [1.29, 1.82) is 0 Å². The van der Waals surface area contributed by atoms with E-state index in [0.29, 0.717) is 13.2 Å². The van der Waals surface area contributed by atoms with Crippen LogP contribution in [0, 0.1) is 11.3 Å². The molecular formula is C15H20BrNO2. The summed E-state index contributed by atoms with van der Waals surface area (Å²) in [6.45, 7) is 6.03. The molecule has 1 aliphatic heterocycles. The average molecular weight is 326 g/mol. The summed E-state index contributed by atoms with van der Waals surface area (Å²) in [7, 11) is 0. The highest BCUT2D eigenvalue weighted by atomic mass is 79.9. The third-order valence-electron chi connectivity index (χ3n) is 3.81. The van der Waals surface area contributed by atoms with Gasteiger partial charge in [-0.3, -0.25) is 4.79 Å². The van der Waals surface area contributed by atoms with Crippen LogP contribution in [0.5, 0.6) is 0 Å². The van der Waals surface area contributed by atoms with Crippen LogP contribution in [0.25, 0.3) is 0 Å². The van der Waals surface area contributed by atoms with Crippen LogP contribution in [0.3, 0.4) is 0 Å². The molecule has 19 heavy (non-hydrogen) atoms. The summed E-state index contributed by atoms with van der Waals surface area (Å²) in [5.41, 5.74) is 1.18. The van der Waals surface area contributed by atoms with Crippen LogP contribution in [0.2, 0.25) is 0 Å². The Labute approximate surface area is 122 Å². The first kappa shape index (κ1) is 14.5. The highest BCUT2D eigenvalue weighted by molar-refractivity contribution is 9.10. The molecule has 1 aromatic carbocycles. The smallest absolute Gasteiger partial charge is 0.310 e. The molecule has 2 unspecified atom stereocenters. The zero-order valence-electron chi connectivity index (χ0n) is 11.4. The fourth-order valence-corrected chi connectivity index (χ4v) is 3.00. The Balaban J connectivity index is 2.11. The van der Waals surface area contributed by atoms with Gasteiger partial charge in [0.1, 0.15) is 0 Å². The van der Waals surface area contributed by atoms with E-state index < -0.39 is 0 Å². The summed E-state index contributed by atoms with van der Waals surface area (Å²) in [5.74, 6) is -0.136. The number of carbonyl (C=O) groups is 1. The molecule has 0 amide bonds. The van der Waals surface area contributed by atoms with Gasteiger partial charge in [0.15, 0.2) is 0 Å². The van der Waals surface area contributed by atoms with Gasteiger partial charge in [0.2, 0.25) is 0 Å². The van der Waals surface area contributed by atoms with Crippen LogP contribution in [0.4, 0.5) is 0 Å². The van der Waals surface area contributed by atoms with Crippen molar-refractivity contribution in [1.82, 2.24) is 5.32 Å². The lowest BCUT2D eigenvalue weighted by Crippen LogP contribution is -2.35. The molecule has 1 aliphatic rings. The zero-order chi connectivity index (χ0) is 13.9. The van der Waals surface area contributed by atoms with Gasteiger partial charge in [-0.05, 0) is 36.5 Å². The van der Waals surface area contributed by atoms with Gasteiger partial charge in [-0.1, -0.05) is 35.0 Å². The molecule has 0 saturated carbocycles. The van der Waals surface area contributed by atoms with Crippen molar-refractivity contribution in [3.05, 3.63) is 34.3 Å². The van der Waals surface area contributed by atoms with E-state index in [1.807, 2.05) is 19.1 Å². The summed E-state index contributed by atoms with van der Waals surface area (Å²) in [5, 5.41) is 3.32. The molecule has 2 atom stereocenters. The minimum Gasteiger partial charge on any atom is -0.466 e. The van der Waals surface area contributed by atoms with Gasteiger partial charge >= 0.3 is 5.97 Å². The first-order valence-corrected chi connectivity index (χ1v) is 7.46. The van der Waals surface area contributed by atoms with Crippen LogP contribution in [0.15, 0.2) is 28.7 Å². The molecule has 1 N–H and O–H groups in total. The normalized spacial score (nSPS) is 26.4. The molecule has 1 aromatic rings. The van der Waals surface area contributed by atoms with Crippen LogP contribution >= 0.6 is 15.9 Å². The Hall–Kier alpha value is -0.870. The van der Waals surface area contributed by atoms with Gasteiger partial charge in [0.25, 0.3) is 0 Å². The second kappa shape index (κ2) is 6.06. The predicted molar refractivity (Wildman–Crippen MR) is 78.9 cm³/mol. The van der Waals surface area contributed by atoms with Crippen LogP contribution < -0.4 is 5.32 Å². The van der Waals surface area contributed by atoms with Crippen molar-refractivity contribution in [2.24, 2.45) is 11.3 Å². The molecule has 0 aromatic heterocycles. The van der Waals surface area contributed by atoms with Crippen LogP contribution in [0.1, 0.15) is 19.4 Å². The lowest BCUT2D eigenvalue weighted by Gasteiger charge is -2.29. The number of rotatable bonds is 4. The molecule has 1 fully saturated rings. The summed E-state index contributed by atoms with van der Waals surface area (Å²) in [4.78, 5) is 12.0. The monoisotopic (exact) mass is 325 g/mol. The standard InChI is InChI=1S/C15H20BrNO2/c1-3-19-14(18)13-9-17-10-15(13,2)8-11-4-6-12(16)7-5-11/h4-7,13,17H,3,8-10H2,1-2H3. The molecule has 0 bridgehead atoms. The van der Waals surface area contributed by atoms with Crippen molar-refractivity contribution in [3.63, 3.8) is 0 Å². The van der Waals surface area contributed by atoms with Gasteiger partial charge in [-0.15, -0.1) is 0 Å². The van der Waals surface area contributed by atoms with Crippen molar-refractivity contribution >= 4 is 21.9 Å². The van der Waals surface area contributed by atoms with E-state index in [4.69, 9.17) is 4.74 Å². The number of esters is 1. The molecule has 0 radical (unpaired) electrons. The summed E-state index contributed by atoms with van der Waals surface area (Å²) >= 11 is 3.44. The van der Waals surface area contributed by atoms with Gasteiger partial charge in [-0.25, -0.2) is 0 Å². The number of hydrogen-bond acceptors (Lipinski definition) is 3. The number of hydrogen-bond donors (Lipinski definition) is 1. The van der Waals surface area contributed by atoms with Crippen molar-refractivity contribution in [3.8, 4) is 0 Å². The van der Waals surface area contributed by atoms with Crippen LogP contribution in [-0.4, -0.2) is 25.7 Å². The Morgan fingerprint density at radius 1 is 1.47 bits per heavy atom. The minimum atomic E-state index is -0.0767. The molecule has 3 nitrogen and oxygen atoms in total. The first-order valence-electron chi connectivity index (χ1n) is 6.67. The number of benzene rings is 1. The van der Waals surface area contributed by atoms with Crippen molar-refractivity contribution < 1.29 is 9.53 Å². The van der Waals surface area contributed by atoms with E-state index in [2.05, 4.69) is 40.3 Å². The maximum atomic E-state index is 12.0. The average Bonchev–Trinajstić information content (AvgIpc) is 2.74. The Morgan fingerprint density at radius 2 is 2.16 bits per heavy atom. The fourth-order valence-electron chi connectivity index (χ4n) is 2.74. The number of carbonyl (C=O) groups excluding carboxylic acids is 1. The minimum absolute atomic E-state index is 0.0592. The second-order valence-electron chi connectivity index (χ2n) is 5.39. The third kappa shape index (κ3) is 3.37. The maximum absolute atomic E-state index is 12.0. The lowest BCUT2D eigenvalue weighted by atomic mass is 9.75. The van der Waals surface area contributed by atoms with Gasteiger partial charge in [0.05, 0.1) is 12.5 Å². The SMILES string of the molecule is CCOC(=O)C1CNCC1(C)Cc1ccc(Br)cc1. The van der Waals surface area contributed by atoms with E-state index in [1.165, 1.54) is 5.56 Å². The quantitative estimate of drug-likeness (QED) is 0.865. The summed E-state index contributed by atoms with van der Waals surface area (Å²) in [6, 6.07) is 8.30. The molecule has 2 rings (SSSR count).